The summed E-state index contributed by atoms with van der Waals surface area (Å²) in [6.07, 6.45) is 4.57. The molecule has 9 nitrogen and oxygen atoms in total. The summed E-state index contributed by atoms with van der Waals surface area (Å²) in [5.74, 6) is -0.604. The number of aliphatic hydroxyl groups excluding tert-OH is 1. The molecule has 0 aliphatic carbocycles. The summed E-state index contributed by atoms with van der Waals surface area (Å²) < 4.78 is 1.54. The van der Waals surface area contributed by atoms with Crippen molar-refractivity contribution in [2.24, 2.45) is 5.92 Å². The number of rotatable bonds is 5. The number of aliphatic hydroxyl groups is 1. The molecule has 1 unspecified atom stereocenters. The Morgan fingerprint density at radius 3 is 2.63 bits per heavy atom. The number of β-amino-alcohol motifs (C(OH)–C–C–N with tert-alkyl or cyclic N) is 1. The number of hydrogen-bond acceptors (Lipinski definition) is 6. The lowest BCUT2D eigenvalue weighted by atomic mass is 10.0. The molecular formula is C18H24N6O3. The van der Waals surface area contributed by atoms with E-state index in [0.29, 0.717) is 5.69 Å². The van der Waals surface area contributed by atoms with Gasteiger partial charge in [0, 0.05) is 38.0 Å². The molecule has 1 fully saturated rings. The zero-order valence-corrected chi connectivity index (χ0v) is 15.6. The van der Waals surface area contributed by atoms with Crippen LogP contribution in [0.25, 0.3) is 11.3 Å². The van der Waals surface area contributed by atoms with Crippen molar-refractivity contribution in [2.45, 2.75) is 38.5 Å². The topological polar surface area (TPSA) is 113 Å². The van der Waals surface area contributed by atoms with Gasteiger partial charge >= 0.3 is 0 Å². The fourth-order valence-corrected chi connectivity index (χ4v) is 3.41. The van der Waals surface area contributed by atoms with E-state index in [1.54, 1.807) is 18.6 Å². The van der Waals surface area contributed by atoms with Gasteiger partial charge in [-0.05, 0) is 18.1 Å². The highest BCUT2D eigenvalue weighted by Crippen LogP contribution is 2.27. The second kappa shape index (κ2) is 7.83. The predicted octanol–water partition coefficient (Wildman–Crippen LogP) is 0.245. The maximum absolute atomic E-state index is 13.2. The summed E-state index contributed by atoms with van der Waals surface area (Å²) in [5.41, 5.74) is 1.49. The molecule has 9 heteroatoms. The van der Waals surface area contributed by atoms with Crippen LogP contribution in [-0.2, 0) is 9.59 Å². The maximum atomic E-state index is 13.2. The van der Waals surface area contributed by atoms with E-state index in [4.69, 9.17) is 0 Å². The minimum Gasteiger partial charge on any atom is -0.391 e. The Kier molecular flexibility index (Phi) is 5.50. The van der Waals surface area contributed by atoms with Crippen LogP contribution >= 0.6 is 0 Å². The molecule has 0 spiro atoms. The zero-order chi connectivity index (χ0) is 19.6. The summed E-state index contributed by atoms with van der Waals surface area (Å²) in [6.45, 7) is 3.96. The molecule has 2 N–H and O–H groups in total. The summed E-state index contributed by atoms with van der Waals surface area (Å²) in [6, 6.07) is 2.34. The molecule has 2 aromatic heterocycles. The normalized spacial score (nSPS) is 20.7. The van der Waals surface area contributed by atoms with E-state index in [0.717, 1.165) is 5.56 Å². The molecule has 2 amide bonds. The van der Waals surface area contributed by atoms with Crippen LogP contribution in [0.2, 0.25) is 0 Å². The van der Waals surface area contributed by atoms with Gasteiger partial charge in [-0.25, -0.2) is 4.68 Å². The molecule has 2 aromatic rings. The third kappa shape index (κ3) is 3.82. The average Bonchev–Trinajstić information content (AvgIpc) is 3.28. The lowest BCUT2D eigenvalue weighted by molar-refractivity contribution is -0.142. The first-order chi connectivity index (χ1) is 12.9. The van der Waals surface area contributed by atoms with E-state index in [-0.39, 0.29) is 30.7 Å². The van der Waals surface area contributed by atoms with Crippen LogP contribution in [0.15, 0.2) is 30.7 Å². The average molecular weight is 372 g/mol. The Hall–Kier alpha value is -2.81. The number of nitrogens with one attached hydrogen (secondary N) is 1. The molecule has 0 bridgehead atoms. The standard InChI is InChI=1S/C18H24N6O3/c1-11(2)16(18(27)23-9-13(25)8-15(23)17(26)19-3)24-10-14(21-22-24)12-4-6-20-7-5-12/h4-7,10-11,13,15-16,25H,8-9H2,1-3H3,(H,19,26)/t13-,15+,16?/m1/s1. The third-order valence-electron chi connectivity index (χ3n) is 4.77. The minimum absolute atomic E-state index is 0.0763. The van der Waals surface area contributed by atoms with Gasteiger partial charge in [0.15, 0.2) is 0 Å². The van der Waals surface area contributed by atoms with Crippen molar-refractivity contribution in [3.8, 4) is 11.3 Å². The number of carbonyl (C=O) groups excluding carboxylic acids is 2. The van der Waals surface area contributed by atoms with Gasteiger partial charge < -0.3 is 15.3 Å². The van der Waals surface area contributed by atoms with Gasteiger partial charge in [-0.1, -0.05) is 19.1 Å². The summed E-state index contributed by atoms with van der Waals surface area (Å²) in [7, 11) is 1.52. The number of nitrogens with zero attached hydrogens (tertiary/aromatic N) is 5. The largest absolute Gasteiger partial charge is 0.391 e. The second-order valence-electron chi connectivity index (χ2n) is 7.02. The van der Waals surface area contributed by atoms with Crippen molar-refractivity contribution < 1.29 is 14.7 Å². The van der Waals surface area contributed by atoms with E-state index < -0.39 is 18.2 Å². The highest BCUT2D eigenvalue weighted by molar-refractivity contribution is 5.90. The monoisotopic (exact) mass is 372 g/mol. The number of amides is 2. The van der Waals surface area contributed by atoms with Crippen LogP contribution in [0.5, 0.6) is 0 Å². The molecule has 144 valence electrons. The van der Waals surface area contributed by atoms with Crippen LogP contribution < -0.4 is 5.32 Å². The molecule has 27 heavy (non-hydrogen) atoms. The van der Waals surface area contributed by atoms with Crippen LogP contribution in [0.1, 0.15) is 26.3 Å². The van der Waals surface area contributed by atoms with Gasteiger partial charge in [0.2, 0.25) is 11.8 Å². The zero-order valence-electron chi connectivity index (χ0n) is 15.6. The Morgan fingerprint density at radius 2 is 2.00 bits per heavy atom. The van der Waals surface area contributed by atoms with E-state index in [9.17, 15) is 14.7 Å². The van der Waals surface area contributed by atoms with Crippen LogP contribution in [0.3, 0.4) is 0 Å². The van der Waals surface area contributed by atoms with Gasteiger partial charge in [-0.15, -0.1) is 5.10 Å². The number of pyridine rings is 1. The fourth-order valence-electron chi connectivity index (χ4n) is 3.41. The van der Waals surface area contributed by atoms with E-state index in [2.05, 4.69) is 20.6 Å². The molecule has 3 atom stereocenters. The Labute approximate surface area is 157 Å². The number of hydrogen-bond donors (Lipinski definition) is 2. The molecule has 1 saturated heterocycles. The van der Waals surface area contributed by atoms with E-state index in [1.165, 1.54) is 16.6 Å². The maximum Gasteiger partial charge on any atom is 0.248 e. The van der Waals surface area contributed by atoms with Crippen LogP contribution in [-0.4, -0.2) is 67.5 Å². The second-order valence-corrected chi connectivity index (χ2v) is 7.02. The molecule has 3 heterocycles. The Balaban J connectivity index is 1.88. The fraction of sp³-hybridized carbons (Fsp3) is 0.500. The molecule has 0 aromatic carbocycles. The molecule has 1 aliphatic heterocycles. The number of carbonyl (C=O) groups is 2. The van der Waals surface area contributed by atoms with Gasteiger partial charge in [0.05, 0.1) is 12.3 Å². The highest BCUT2D eigenvalue weighted by atomic mass is 16.3. The molecular weight excluding hydrogens is 348 g/mol. The van der Waals surface area contributed by atoms with Crippen molar-refractivity contribution in [1.29, 1.82) is 0 Å². The van der Waals surface area contributed by atoms with Crippen LogP contribution in [0.4, 0.5) is 0 Å². The lowest BCUT2D eigenvalue weighted by Gasteiger charge is -2.29. The van der Waals surface area contributed by atoms with E-state index >= 15 is 0 Å². The summed E-state index contributed by atoms with van der Waals surface area (Å²) in [4.78, 5) is 30.8. The number of likely N-dealkylation sites (N-methyl/N-ethyl adjacent to an activating group) is 1. The number of likely N-dealkylation sites (tertiary alicyclic amines) is 1. The molecule has 1 aliphatic rings. The van der Waals surface area contributed by atoms with Gasteiger partial charge in [-0.3, -0.25) is 14.6 Å². The van der Waals surface area contributed by atoms with Crippen molar-refractivity contribution >= 4 is 11.8 Å². The Bertz CT molecular complexity index is 806. The quantitative estimate of drug-likeness (QED) is 0.778. The third-order valence-corrected chi connectivity index (χ3v) is 4.77. The van der Waals surface area contributed by atoms with Crippen molar-refractivity contribution in [3.63, 3.8) is 0 Å². The Morgan fingerprint density at radius 1 is 1.30 bits per heavy atom. The molecule has 0 radical (unpaired) electrons. The number of aromatic nitrogens is 4. The first kappa shape index (κ1) is 19.0. The van der Waals surface area contributed by atoms with Crippen molar-refractivity contribution in [3.05, 3.63) is 30.7 Å². The lowest BCUT2D eigenvalue weighted by Crippen LogP contribution is -2.48. The van der Waals surface area contributed by atoms with Gasteiger partial charge in [0.1, 0.15) is 17.8 Å². The molecule has 3 rings (SSSR count). The summed E-state index contributed by atoms with van der Waals surface area (Å²) >= 11 is 0. The first-order valence-corrected chi connectivity index (χ1v) is 8.94. The SMILES string of the molecule is CNC(=O)[C@@H]1C[C@@H](O)CN1C(=O)C(C(C)C)n1cc(-c2ccncc2)nn1. The smallest absolute Gasteiger partial charge is 0.248 e. The highest BCUT2D eigenvalue weighted by Gasteiger charge is 2.42. The van der Waals surface area contributed by atoms with Gasteiger partial charge in [0.25, 0.3) is 0 Å². The van der Waals surface area contributed by atoms with Crippen molar-refractivity contribution in [2.75, 3.05) is 13.6 Å². The van der Waals surface area contributed by atoms with Crippen LogP contribution in [0, 0.1) is 5.92 Å². The minimum atomic E-state index is -0.716. The van der Waals surface area contributed by atoms with Crippen molar-refractivity contribution in [1.82, 2.24) is 30.2 Å². The molecule has 0 saturated carbocycles. The first-order valence-electron chi connectivity index (χ1n) is 8.94. The van der Waals surface area contributed by atoms with Gasteiger partial charge in [-0.2, -0.15) is 0 Å². The predicted molar refractivity (Wildman–Crippen MR) is 97.3 cm³/mol. The summed E-state index contributed by atoms with van der Waals surface area (Å²) in [5, 5.41) is 20.9. The van der Waals surface area contributed by atoms with E-state index in [1.807, 2.05) is 26.0 Å².